The van der Waals surface area contributed by atoms with Gasteiger partial charge in [0.15, 0.2) is 17.7 Å². The van der Waals surface area contributed by atoms with Gasteiger partial charge in [0, 0.05) is 11.3 Å². The molecule has 1 atom stereocenters. The van der Waals surface area contributed by atoms with Crippen LogP contribution in [0.4, 0.5) is 14.5 Å². The molecule has 0 fully saturated rings. The van der Waals surface area contributed by atoms with Gasteiger partial charge in [-0.25, -0.2) is 22.0 Å². The van der Waals surface area contributed by atoms with Crippen molar-refractivity contribution in [1.82, 2.24) is 0 Å². The van der Waals surface area contributed by atoms with E-state index in [1.165, 1.54) is 31.2 Å². The zero-order chi connectivity index (χ0) is 20.4. The van der Waals surface area contributed by atoms with Crippen molar-refractivity contribution in [1.29, 1.82) is 0 Å². The molecule has 1 unspecified atom stereocenters. The second kappa shape index (κ2) is 8.01. The number of esters is 1. The lowest BCUT2D eigenvalue weighted by Crippen LogP contribution is -2.24. The number of rotatable bonds is 6. The Balaban J connectivity index is 2.11. The van der Waals surface area contributed by atoms with Crippen molar-refractivity contribution in [3.05, 3.63) is 64.2 Å². The monoisotopic (exact) mass is 417 g/mol. The summed E-state index contributed by atoms with van der Waals surface area (Å²) in [6, 6.07) is 6.66. The Kier molecular flexibility index (Phi) is 6.17. The Bertz CT molecular complexity index is 993. The molecule has 0 saturated carbocycles. The van der Waals surface area contributed by atoms with Crippen molar-refractivity contribution in [3.63, 3.8) is 0 Å². The van der Waals surface area contributed by atoms with E-state index in [1.54, 1.807) is 0 Å². The predicted molar refractivity (Wildman–Crippen MR) is 95.5 cm³/mol. The number of nitrogens with one attached hydrogen (secondary N) is 1. The van der Waals surface area contributed by atoms with Gasteiger partial charge < -0.3 is 4.74 Å². The normalized spacial score (nSPS) is 12.3. The molecule has 0 radical (unpaired) electrons. The van der Waals surface area contributed by atoms with Crippen molar-refractivity contribution in [3.8, 4) is 0 Å². The average molecular weight is 418 g/mol. The smallest absolute Gasteiger partial charge is 0.340 e. The molecular formula is C17H14ClF2NO5S. The molecule has 1 N–H and O–H groups in total. The fraction of sp³-hybridized carbons (Fsp3) is 0.176. The fourth-order valence-electron chi connectivity index (χ4n) is 2.11. The molecule has 2 rings (SSSR count). The maximum atomic E-state index is 13.3. The number of Topliss-reactive ketones (excluding diaryl/α,β-unsaturated/α-hetero) is 1. The first-order chi connectivity index (χ1) is 12.5. The minimum Gasteiger partial charge on any atom is -0.451 e. The molecule has 0 aromatic heterocycles. The van der Waals surface area contributed by atoms with Gasteiger partial charge in [0.05, 0.1) is 16.8 Å². The average Bonchev–Trinajstić information content (AvgIpc) is 2.56. The quantitative estimate of drug-likeness (QED) is 0.442. The summed E-state index contributed by atoms with van der Waals surface area (Å²) in [5.74, 6) is -4.16. The summed E-state index contributed by atoms with van der Waals surface area (Å²) in [6.07, 6.45) is -0.257. The highest BCUT2D eigenvalue weighted by atomic mass is 35.5. The van der Waals surface area contributed by atoms with Crippen LogP contribution >= 0.6 is 11.6 Å². The van der Waals surface area contributed by atoms with E-state index >= 15 is 0 Å². The van der Waals surface area contributed by atoms with Crippen LogP contribution in [-0.2, 0) is 14.8 Å². The zero-order valence-corrected chi connectivity index (χ0v) is 15.7. The van der Waals surface area contributed by atoms with E-state index < -0.39 is 45.1 Å². The number of carbonyl (C=O) groups is 2. The Hall–Kier alpha value is -2.52. The summed E-state index contributed by atoms with van der Waals surface area (Å²) < 4.78 is 55.9. The molecule has 0 aliphatic rings. The van der Waals surface area contributed by atoms with Gasteiger partial charge in [-0.1, -0.05) is 11.6 Å². The number of sulfonamides is 1. The van der Waals surface area contributed by atoms with Crippen LogP contribution in [0, 0.1) is 11.6 Å². The number of ketones is 1. The lowest BCUT2D eigenvalue weighted by atomic mass is 10.1. The summed E-state index contributed by atoms with van der Waals surface area (Å²) in [6.45, 7) is 1.30. The molecule has 0 bridgehead atoms. The lowest BCUT2D eigenvalue weighted by molar-refractivity contribution is 0.0318. The summed E-state index contributed by atoms with van der Waals surface area (Å²) in [5, 5.41) is -0.352. The minimum absolute atomic E-state index is 0.158. The number of benzene rings is 2. The van der Waals surface area contributed by atoms with Crippen LogP contribution in [-0.4, -0.2) is 32.5 Å². The molecule has 0 heterocycles. The second-order valence-corrected chi connectivity index (χ2v) is 7.77. The van der Waals surface area contributed by atoms with Crippen molar-refractivity contribution in [2.75, 3.05) is 11.0 Å². The van der Waals surface area contributed by atoms with E-state index in [-0.39, 0.29) is 16.3 Å². The molecule has 10 heteroatoms. The van der Waals surface area contributed by atoms with Crippen molar-refractivity contribution < 1.29 is 31.5 Å². The van der Waals surface area contributed by atoms with Gasteiger partial charge >= 0.3 is 5.97 Å². The first kappa shape index (κ1) is 20.8. The number of hydrogen-bond donors (Lipinski definition) is 1. The third-order valence-corrected chi connectivity index (χ3v) is 4.27. The van der Waals surface area contributed by atoms with Gasteiger partial charge in [0.25, 0.3) is 0 Å². The Morgan fingerprint density at radius 1 is 1.11 bits per heavy atom. The molecule has 0 amide bonds. The second-order valence-electron chi connectivity index (χ2n) is 5.61. The van der Waals surface area contributed by atoms with E-state index in [0.29, 0.717) is 12.1 Å². The molecule has 2 aromatic carbocycles. The molecule has 0 spiro atoms. The third kappa shape index (κ3) is 5.48. The summed E-state index contributed by atoms with van der Waals surface area (Å²) >= 11 is 5.70. The van der Waals surface area contributed by atoms with Gasteiger partial charge in [-0.05, 0) is 43.3 Å². The van der Waals surface area contributed by atoms with E-state index in [2.05, 4.69) is 4.72 Å². The topological polar surface area (TPSA) is 89.5 Å². The Morgan fingerprint density at radius 2 is 1.67 bits per heavy atom. The largest absolute Gasteiger partial charge is 0.451 e. The van der Waals surface area contributed by atoms with Gasteiger partial charge in [0.1, 0.15) is 0 Å². The van der Waals surface area contributed by atoms with Crippen LogP contribution in [0.1, 0.15) is 27.6 Å². The highest BCUT2D eigenvalue weighted by molar-refractivity contribution is 7.92. The zero-order valence-electron chi connectivity index (χ0n) is 14.1. The van der Waals surface area contributed by atoms with Crippen LogP contribution in [0.25, 0.3) is 0 Å². The minimum atomic E-state index is -3.46. The van der Waals surface area contributed by atoms with Crippen LogP contribution < -0.4 is 4.72 Å². The Morgan fingerprint density at radius 3 is 2.22 bits per heavy atom. The van der Waals surface area contributed by atoms with Gasteiger partial charge in [0.2, 0.25) is 15.8 Å². The van der Waals surface area contributed by atoms with Gasteiger partial charge in [-0.3, -0.25) is 9.52 Å². The van der Waals surface area contributed by atoms with Crippen LogP contribution in [0.15, 0.2) is 36.4 Å². The molecule has 27 heavy (non-hydrogen) atoms. The number of ether oxygens (including phenoxy) is 1. The molecule has 0 aliphatic carbocycles. The van der Waals surface area contributed by atoms with Crippen molar-refractivity contribution in [2.45, 2.75) is 13.0 Å². The lowest BCUT2D eigenvalue weighted by Gasteiger charge is -2.13. The molecular weight excluding hydrogens is 404 g/mol. The van der Waals surface area contributed by atoms with Crippen LogP contribution in [0.3, 0.4) is 0 Å². The Labute approximate surface area is 159 Å². The van der Waals surface area contributed by atoms with E-state index in [9.17, 15) is 26.8 Å². The van der Waals surface area contributed by atoms with Crippen LogP contribution in [0.5, 0.6) is 0 Å². The number of hydrogen-bond acceptors (Lipinski definition) is 5. The summed E-state index contributed by atoms with van der Waals surface area (Å²) in [4.78, 5) is 24.4. The third-order valence-electron chi connectivity index (χ3n) is 3.36. The highest BCUT2D eigenvalue weighted by Crippen LogP contribution is 2.22. The summed E-state index contributed by atoms with van der Waals surface area (Å²) in [7, 11) is -3.46. The fourth-order valence-corrected chi connectivity index (χ4v) is 2.90. The van der Waals surface area contributed by atoms with E-state index in [0.717, 1.165) is 6.26 Å². The van der Waals surface area contributed by atoms with Crippen LogP contribution in [0.2, 0.25) is 5.02 Å². The van der Waals surface area contributed by atoms with Crippen molar-refractivity contribution >= 4 is 39.1 Å². The molecule has 0 aliphatic heterocycles. The van der Waals surface area contributed by atoms with E-state index in [4.69, 9.17) is 16.3 Å². The first-order valence-corrected chi connectivity index (χ1v) is 9.72. The summed E-state index contributed by atoms with van der Waals surface area (Å²) in [5.41, 5.74) is 0.000851. The standard InChI is InChI=1S/C17H14ClF2NO5S/c1-9(26-17(23)12-7-14(19)15(20)8-13(12)18)16(22)10-3-5-11(6-4-10)21-27(2,24)25/h3-9,21H,1-2H3. The molecule has 0 saturated heterocycles. The number of anilines is 1. The van der Waals surface area contributed by atoms with Gasteiger partial charge in [-0.15, -0.1) is 0 Å². The first-order valence-electron chi connectivity index (χ1n) is 7.45. The molecule has 2 aromatic rings. The highest BCUT2D eigenvalue weighted by Gasteiger charge is 2.23. The maximum Gasteiger partial charge on any atom is 0.340 e. The predicted octanol–water partition coefficient (Wildman–Crippen LogP) is 3.42. The molecule has 144 valence electrons. The number of carbonyl (C=O) groups excluding carboxylic acids is 2. The molecule has 6 nitrogen and oxygen atoms in total. The SMILES string of the molecule is CC(OC(=O)c1cc(F)c(F)cc1Cl)C(=O)c1ccc(NS(C)(=O)=O)cc1. The van der Waals surface area contributed by atoms with E-state index in [1.807, 2.05) is 0 Å². The maximum absolute atomic E-state index is 13.3. The van der Waals surface area contributed by atoms with Gasteiger partial charge in [-0.2, -0.15) is 0 Å². The van der Waals surface area contributed by atoms with Crippen molar-refractivity contribution in [2.24, 2.45) is 0 Å². The number of halogens is 3.